The molecule has 0 aromatic heterocycles. The van der Waals surface area contributed by atoms with Crippen molar-refractivity contribution in [2.45, 2.75) is 13.3 Å². The molecule has 0 heterocycles. The number of benzene rings is 1. The van der Waals surface area contributed by atoms with E-state index in [1.165, 1.54) is 0 Å². The van der Waals surface area contributed by atoms with Crippen molar-refractivity contribution in [2.24, 2.45) is 11.7 Å². The molecule has 1 atom stereocenters. The van der Waals surface area contributed by atoms with Crippen LogP contribution in [0.4, 0.5) is 5.69 Å². The fraction of sp³-hybridized carbons (Fsp3) is 0.364. The molecular formula is C11H15BrN2O. The topological polar surface area (TPSA) is 55.1 Å². The van der Waals surface area contributed by atoms with Gasteiger partial charge >= 0.3 is 0 Å². The number of carbonyl (C=O) groups excluding carboxylic acids is 1. The number of amides is 1. The fourth-order valence-corrected chi connectivity index (χ4v) is 1.41. The number of anilines is 1. The Morgan fingerprint density at radius 2 is 2.07 bits per heavy atom. The lowest BCUT2D eigenvalue weighted by Crippen LogP contribution is -2.19. The van der Waals surface area contributed by atoms with E-state index < -0.39 is 0 Å². The zero-order valence-corrected chi connectivity index (χ0v) is 10.3. The van der Waals surface area contributed by atoms with E-state index in [4.69, 9.17) is 5.73 Å². The van der Waals surface area contributed by atoms with E-state index in [1.54, 1.807) is 0 Å². The predicted molar refractivity (Wildman–Crippen MR) is 65.6 cm³/mol. The van der Waals surface area contributed by atoms with E-state index in [0.717, 1.165) is 10.2 Å². The zero-order chi connectivity index (χ0) is 11.3. The molecule has 0 aliphatic carbocycles. The van der Waals surface area contributed by atoms with Crippen LogP contribution in [-0.2, 0) is 4.79 Å². The van der Waals surface area contributed by atoms with Gasteiger partial charge in [-0.15, -0.1) is 0 Å². The maximum Gasteiger partial charge on any atom is 0.224 e. The highest BCUT2D eigenvalue weighted by Crippen LogP contribution is 2.14. The van der Waals surface area contributed by atoms with Crippen molar-refractivity contribution in [3.8, 4) is 0 Å². The highest BCUT2D eigenvalue weighted by Gasteiger charge is 2.07. The van der Waals surface area contributed by atoms with Crippen LogP contribution in [0.3, 0.4) is 0 Å². The number of halogens is 1. The SMILES string of the molecule is CC(CN)CC(=O)Nc1ccc(Br)cc1. The largest absolute Gasteiger partial charge is 0.330 e. The zero-order valence-electron chi connectivity index (χ0n) is 8.66. The molecule has 3 nitrogen and oxygen atoms in total. The average Bonchev–Trinajstić information content (AvgIpc) is 2.21. The Kier molecular flexibility index (Phi) is 4.78. The monoisotopic (exact) mass is 270 g/mol. The standard InChI is InChI=1S/C11H15BrN2O/c1-8(7-13)6-11(15)14-10-4-2-9(12)3-5-10/h2-5,8H,6-7,13H2,1H3,(H,14,15). The molecule has 1 aromatic rings. The molecule has 0 radical (unpaired) electrons. The molecule has 0 saturated heterocycles. The molecule has 1 rings (SSSR count). The Balaban J connectivity index is 2.48. The average molecular weight is 271 g/mol. The van der Waals surface area contributed by atoms with Crippen molar-refractivity contribution in [2.75, 3.05) is 11.9 Å². The molecule has 0 aliphatic rings. The van der Waals surface area contributed by atoms with Gasteiger partial charge in [0.25, 0.3) is 0 Å². The summed E-state index contributed by atoms with van der Waals surface area (Å²) in [5, 5.41) is 2.82. The third kappa shape index (κ3) is 4.44. The van der Waals surface area contributed by atoms with E-state index in [1.807, 2.05) is 31.2 Å². The second-order valence-electron chi connectivity index (χ2n) is 3.60. The molecule has 0 saturated carbocycles. The van der Waals surface area contributed by atoms with E-state index >= 15 is 0 Å². The van der Waals surface area contributed by atoms with Crippen molar-refractivity contribution in [1.82, 2.24) is 0 Å². The summed E-state index contributed by atoms with van der Waals surface area (Å²) in [5.74, 6) is 0.232. The Labute approximate surface area is 98.2 Å². The minimum Gasteiger partial charge on any atom is -0.330 e. The van der Waals surface area contributed by atoms with Crippen LogP contribution in [0.1, 0.15) is 13.3 Å². The molecule has 4 heteroatoms. The predicted octanol–water partition coefficient (Wildman–Crippen LogP) is 2.37. The summed E-state index contributed by atoms with van der Waals surface area (Å²) in [6.07, 6.45) is 0.465. The molecule has 0 spiro atoms. The van der Waals surface area contributed by atoms with E-state index in [9.17, 15) is 4.79 Å². The van der Waals surface area contributed by atoms with Gasteiger partial charge in [-0.25, -0.2) is 0 Å². The van der Waals surface area contributed by atoms with Crippen molar-refractivity contribution in [1.29, 1.82) is 0 Å². The van der Waals surface area contributed by atoms with Crippen LogP contribution < -0.4 is 11.1 Å². The lowest BCUT2D eigenvalue weighted by molar-refractivity contribution is -0.116. The minimum absolute atomic E-state index is 0.00951. The van der Waals surface area contributed by atoms with Crippen molar-refractivity contribution < 1.29 is 4.79 Å². The summed E-state index contributed by atoms with van der Waals surface area (Å²) in [5.41, 5.74) is 6.26. The minimum atomic E-state index is 0.00951. The van der Waals surface area contributed by atoms with Gasteiger partial charge in [0.05, 0.1) is 0 Å². The van der Waals surface area contributed by atoms with Crippen LogP contribution in [0.5, 0.6) is 0 Å². The molecule has 15 heavy (non-hydrogen) atoms. The number of hydrogen-bond acceptors (Lipinski definition) is 2. The van der Waals surface area contributed by atoms with Crippen LogP contribution in [0, 0.1) is 5.92 Å². The van der Waals surface area contributed by atoms with Gasteiger partial charge in [-0.05, 0) is 36.7 Å². The molecule has 1 aromatic carbocycles. The van der Waals surface area contributed by atoms with Gasteiger partial charge in [0.2, 0.25) is 5.91 Å². The van der Waals surface area contributed by atoms with Crippen LogP contribution in [0.25, 0.3) is 0 Å². The number of nitrogens with two attached hydrogens (primary N) is 1. The maximum atomic E-state index is 11.5. The second-order valence-corrected chi connectivity index (χ2v) is 4.52. The Hall–Kier alpha value is -0.870. The summed E-state index contributed by atoms with van der Waals surface area (Å²) in [6.45, 7) is 2.49. The van der Waals surface area contributed by atoms with Crippen molar-refractivity contribution >= 4 is 27.5 Å². The number of carbonyl (C=O) groups is 1. The van der Waals surface area contributed by atoms with Gasteiger partial charge in [0, 0.05) is 16.6 Å². The van der Waals surface area contributed by atoms with Gasteiger partial charge < -0.3 is 11.1 Å². The van der Waals surface area contributed by atoms with Gasteiger partial charge in [0.15, 0.2) is 0 Å². The van der Waals surface area contributed by atoms with Gasteiger partial charge in [-0.1, -0.05) is 22.9 Å². The van der Waals surface area contributed by atoms with Gasteiger partial charge in [-0.2, -0.15) is 0 Å². The van der Waals surface area contributed by atoms with Crippen LogP contribution in [0.2, 0.25) is 0 Å². The summed E-state index contributed by atoms with van der Waals surface area (Å²) >= 11 is 3.33. The van der Waals surface area contributed by atoms with Crippen molar-refractivity contribution in [3.05, 3.63) is 28.7 Å². The normalized spacial score (nSPS) is 12.2. The van der Waals surface area contributed by atoms with Gasteiger partial charge in [-0.3, -0.25) is 4.79 Å². The smallest absolute Gasteiger partial charge is 0.224 e. The first-order chi connectivity index (χ1) is 7.11. The maximum absolute atomic E-state index is 11.5. The summed E-state index contributed by atoms with van der Waals surface area (Å²) < 4.78 is 0.996. The molecule has 3 N–H and O–H groups in total. The first-order valence-corrected chi connectivity index (χ1v) is 5.66. The first kappa shape index (κ1) is 12.2. The molecule has 82 valence electrons. The van der Waals surface area contributed by atoms with E-state index in [0.29, 0.717) is 13.0 Å². The highest BCUT2D eigenvalue weighted by molar-refractivity contribution is 9.10. The van der Waals surface area contributed by atoms with Crippen molar-refractivity contribution in [3.63, 3.8) is 0 Å². The highest BCUT2D eigenvalue weighted by atomic mass is 79.9. The first-order valence-electron chi connectivity index (χ1n) is 4.87. The molecule has 0 bridgehead atoms. The summed E-state index contributed by atoms with van der Waals surface area (Å²) in [6, 6.07) is 7.49. The number of hydrogen-bond donors (Lipinski definition) is 2. The molecule has 1 unspecified atom stereocenters. The quantitative estimate of drug-likeness (QED) is 0.883. The van der Waals surface area contributed by atoms with E-state index in [2.05, 4.69) is 21.2 Å². The lowest BCUT2D eigenvalue weighted by Gasteiger charge is -2.09. The molecule has 1 amide bonds. The molecule has 0 fully saturated rings. The third-order valence-electron chi connectivity index (χ3n) is 2.06. The number of rotatable bonds is 4. The van der Waals surface area contributed by atoms with Crippen LogP contribution in [0.15, 0.2) is 28.7 Å². The Morgan fingerprint density at radius 3 is 2.60 bits per heavy atom. The third-order valence-corrected chi connectivity index (χ3v) is 2.59. The lowest BCUT2D eigenvalue weighted by atomic mass is 10.1. The van der Waals surface area contributed by atoms with Gasteiger partial charge in [0.1, 0.15) is 0 Å². The van der Waals surface area contributed by atoms with Crippen LogP contribution >= 0.6 is 15.9 Å². The summed E-state index contributed by atoms with van der Waals surface area (Å²) in [4.78, 5) is 11.5. The molecular weight excluding hydrogens is 256 g/mol. The Bertz CT molecular complexity index is 324. The molecule has 0 aliphatic heterocycles. The number of nitrogens with one attached hydrogen (secondary N) is 1. The fourth-order valence-electron chi connectivity index (χ4n) is 1.15. The Morgan fingerprint density at radius 1 is 1.47 bits per heavy atom. The summed E-state index contributed by atoms with van der Waals surface area (Å²) in [7, 11) is 0. The second kappa shape index (κ2) is 5.88. The van der Waals surface area contributed by atoms with Crippen LogP contribution in [-0.4, -0.2) is 12.5 Å². The van der Waals surface area contributed by atoms with E-state index in [-0.39, 0.29) is 11.8 Å².